The zero-order valence-corrected chi connectivity index (χ0v) is 17.6. The van der Waals surface area contributed by atoms with Crippen LogP contribution in [0.3, 0.4) is 0 Å². The van der Waals surface area contributed by atoms with Gasteiger partial charge in [0, 0.05) is 41.8 Å². The number of carbonyl (C=O) groups is 2. The number of para-hydroxylation sites is 1. The van der Waals surface area contributed by atoms with Gasteiger partial charge in [-0.3, -0.25) is 9.69 Å². The van der Waals surface area contributed by atoms with Crippen molar-refractivity contribution in [3.8, 4) is 0 Å². The Hall–Kier alpha value is -2.44. The van der Waals surface area contributed by atoms with Crippen molar-refractivity contribution in [2.75, 3.05) is 19.0 Å². The van der Waals surface area contributed by atoms with Crippen LogP contribution in [0.5, 0.6) is 0 Å². The molecule has 0 amide bonds. The fraction of sp³-hybridized carbons (Fsp3) is 0.500. The monoisotopic (exact) mass is 408 g/mol. The molecular weight excluding hydrogens is 380 g/mol. The van der Waals surface area contributed by atoms with Gasteiger partial charge in [-0.25, -0.2) is 4.79 Å². The zero-order chi connectivity index (χ0) is 21.3. The second-order valence-corrected chi connectivity index (χ2v) is 9.18. The van der Waals surface area contributed by atoms with Gasteiger partial charge in [0.25, 0.3) is 0 Å². The number of fused-ring (bicyclic) bond motifs is 1. The Labute approximate surface area is 176 Å². The molecule has 5 rings (SSSR count). The summed E-state index contributed by atoms with van der Waals surface area (Å²) in [5.41, 5.74) is 2.63. The Kier molecular flexibility index (Phi) is 4.25. The van der Waals surface area contributed by atoms with Crippen molar-refractivity contribution >= 4 is 17.4 Å². The van der Waals surface area contributed by atoms with Gasteiger partial charge >= 0.3 is 5.97 Å². The van der Waals surface area contributed by atoms with Crippen LogP contribution in [0.4, 0.5) is 5.69 Å². The van der Waals surface area contributed by atoms with E-state index in [1.165, 1.54) is 7.11 Å². The van der Waals surface area contributed by atoms with Crippen LogP contribution in [0, 0.1) is 5.41 Å². The number of benzene rings is 1. The average Bonchev–Trinajstić information content (AvgIpc) is 3.29. The standard InChI is InChI=1S/C24H28N2O4/c1-14(27)12-16-8-9-23(15(2)28)13-17(21(29)30-3)20-24(10-11-26(16)22(23)24)18-6-4-5-7-19(18)25-20/h4-9,15-16,22,25,28H,10-13H2,1-3H3/t15?,16-,22-,23-,24-/m0/s1. The van der Waals surface area contributed by atoms with Crippen LogP contribution in [-0.2, 0) is 19.7 Å². The predicted molar refractivity (Wildman–Crippen MR) is 113 cm³/mol. The van der Waals surface area contributed by atoms with Crippen molar-refractivity contribution in [2.45, 2.75) is 56.7 Å². The van der Waals surface area contributed by atoms with E-state index in [1.807, 2.05) is 25.1 Å². The number of ketones is 1. The molecule has 0 radical (unpaired) electrons. The average molecular weight is 408 g/mol. The van der Waals surface area contributed by atoms with Crippen molar-refractivity contribution in [2.24, 2.45) is 5.41 Å². The van der Waals surface area contributed by atoms with E-state index < -0.39 is 16.9 Å². The third kappa shape index (κ3) is 2.32. The van der Waals surface area contributed by atoms with Gasteiger partial charge in [0.15, 0.2) is 0 Å². The maximum atomic E-state index is 12.9. The molecular formula is C24H28N2O4. The number of carbonyl (C=O) groups excluding carboxylic acids is 2. The maximum absolute atomic E-state index is 12.9. The van der Waals surface area contributed by atoms with Crippen molar-refractivity contribution in [3.63, 3.8) is 0 Å². The SMILES string of the molecule is COC(=O)C1=C2Nc3ccccc3[C@@]23CCN2[C@H](CC(C)=O)C=C[C@@](C(C)O)(C1)[C@H]23. The normalized spacial score (nSPS) is 34.7. The van der Waals surface area contributed by atoms with Gasteiger partial charge in [0.1, 0.15) is 5.78 Å². The molecule has 2 N–H and O–H groups in total. The number of methoxy groups -OCH3 is 1. The van der Waals surface area contributed by atoms with E-state index in [-0.39, 0.29) is 23.8 Å². The number of Topliss-reactive ketones (excluding diaryl/α,β-unsaturated/α-hetero) is 1. The molecule has 0 saturated carbocycles. The van der Waals surface area contributed by atoms with E-state index in [9.17, 15) is 14.7 Å². The number of hydrogen-bond acceptors (Lipinski definition) is 6. The topological polar surface area (TPSA) is 78.9 Å². The number of aliphatic hydroxyl groups is 1. The van der Waals surface area contributed by atoms with Crippen molar-refractivity contribution in [1.29, 1.82) is 0 Å². The van der Waals surface area contributed by atoms with Gasteiger partial charge in [-0.05, 0) is 38.3 Å². The highest BCUT2D eigenvalue weighted by Gasteiger charge is 2.68. The Morgan fingerprint density at radius 1 is 1.37 bits per heavy atom. The molecule has 5 atom stereocenters. The molecule has 6 nitrogen and oxygen atoms in total. The quantitative estimate of drug-likeness (QED) is 0.589. The highest BCUT2D eigenvalue weighted by atomic mass is 16.5. The summed E-state index contributed by atoms with van der Waals surface area (Å²) in [5.74, 6) is -0.192. The summed E-state index contributed by atoms with van der Waals surface area (Å²) < 4.78 is 5.18. The number of hydrogen-bond donors (Lipinski definition) is 2. The first kappa shape index (κ1) is 19.5. The Balaban J connectivity index is 1.79. The molecule has 4 aliphatic rings. The van der Waals surface area contributed by atoms with Crippen LogP contribution in [0.15, 0.2) is 47.7 Å². The van der Waals surface area contributed by atoms with E-state index in [0.717, 1.165) is 29.9 Å². The largest absolute Gasteiger partial charge is 0.466 e. The summed E-state index contributed by atoms with van der Waals surface area (Å²) >= 11 is 0. The molecule has 1 spiro atoms. The molecule has 1 aliphatic carbocycles. The van der Waals surface area contributed by atoms with Crippen molar-refractivity contribution < 1.29 is 19.4 Å². The van der Waals surface area contributed by atoms with Crippen LogP contribution >= 0.6 is 0 Å². The molecule has 0 aromatic heterocycles. The molecule has 1 fully saturated rings. The van der Waals surface area contributed by atoms with Crippen LogP contribution in [0.25, 0.3) is 0 Å². The minimum Gasteiger partial charge on any atom is -0.466 e. The van der Waals surface area contributed by atoms with Gasteiger partial charge in [0.05, 0.1) is 24.2 Å². The molecule has 1 saturated heterocycles. The van der Waals surface area contributed by atoms with E-state index in [1.54, 1.807) is 6.92 Å². The van der Waals surface area contributed by atoms with Crippen LogP contribution in [0.1, 0.15) is 38.7 Å². The molecule has 1 aromatic carbocycles. The van der Waals surface area contributed by atoms with Gasteiger partial charge in [-0.15, -0.1) is 0 Å². The minimum atomic E-state index is -0.663. The third-order valence-electron chi connectivity index (χ3n) is 7.73. The number of ether oxygens (including phenoxy) is 1. The van der Waals surface area contributed by atoms with Crippen LogP contribution in [0.2, 0.25) is 0 Å². The van der Waals surface area contributed by atoms with Gasteiger partial charge in [-0.2, -0.15) is 0 Å². The van der Waals surface area contributed by atoms with Crippen molar-refractivity contribution in [3.05, 3.63) is 53.3 Å². The van der Waals surface area contributed by atoms with E-state index in [4.69, 9.17) is 4.74 Å². The van der Waals surface area contributed by atoms with E-state index in [0.29, 0.717) is 18.4 Å². The molecule has 6 heteroatoms. The number of nitrogens with zero attached hydrogens (tertiary/aromatic N) is 1. The molecule has 158 valence electrons. The van der Waals surface area contributed by atoms with Gasteiger partial charge < -0.3 is 15.2 Å². The number of aliphatic hydroxyl groups excluding tert-OH is 1. The lowest BCUT2D eigenvalue weighted by Gasteiger charge is -2.56. The summed E-state index contributed by atoms with van der Waals surface area (Å²) in [5, 5.41) is 14.6. The van der Waals surface area contributed by atoms with Crippen LogP contribution in [-0.4, -0.2) is 53.6 Å². The van der Waals surface area contributed by atoms with E-state index in [2.05, 4.69) is 28.4 Å². The molecule has 1 unspecified atom stereocenters. The molecule has 0 bridgehead atoms. The summed E-state index contributed by atoms with van der Waals surface area (Å²) in [6.07, 6.45) is 5.17. The second kappa shape index (κ2) is 6.53. The third-order valence-corrected chi connectivity index (χ3v) is 7.73. The number of anilines is 1. The lowest BCUT2D eigenvalue weighted by atomic mass is 9.54. The van der Waals surface area contributed by atoms with Crippen LogP contribution < -0.4 is 5.32 Å². The maximum Gasteiger partial charge on any atom is 0.335 e. The van der Waals surface area contributed by atoms with Crippen molar-refractivity contribution in [1.82, 2.24) is 4.90 Å². The predicted octanol–water partition coefficient (Wildman–Crippen LogP) is 2.54. The highest BCUT2D eigenvalue weighted by molar-refractivity contribution is 5.93. The number of esters is 1. The van der Waals surface area contributed by atoms with Gasteiger partial charge in [0.2, 0.25) is 0 Å². The van der Waals surface area contributed by atoms with E-state index >= 15 is 0 Å². The Bertz CT molecular complexity index is 997. The first-order valence-corrected chi connectivity index (χ1v) is 10.7. The lowest BCUT2D eigenvalue weighted by Crippen LogP contribution is -2.64. The first-order chi connectivity index (χ1) is 14.3. The van der Waals surface area contributed by atoms with Gasteiger partial charge in [-0.1, -0.05) is 30.4 Å². The highest BCUT2D eigenvalue weighted by Crippen LogP contribution is 2.64. The molecule has 3 heterocycles. The molecule has 1 aromatic rings. The number of rotatable bonds is 4. The smallest absolute Gasteiger partial charge is 0.335 e. The fourth-order valence-electron chi connectivity index (χ4n) is 6.56. The Morgan fingerprint density at radius 3 is 2.83 bits per heavy atom. The summed E-state index contributed by atoms with van der Waals surface area (Å²) in [6.45, 7) is 4.24. The molecule has 3 aliphatic heterocycles. The number of nitrogens with one attached hydrogen (secondary N) is 1. The summed E-state index contributed by atoms with van der Waals surface area (Å²) in [6, 6.07) is 8.16. The first-order valence-electron chi connectivity index (χ1n) is 10.7. The lowest BCUT2D eigenvalue weighted by molar-refractivity contribution is -0.137. The minimum absolute atomic E-state index is 0.00689. The second-order valence-electron chi connectivity index (χ2n) is 9.18. The Morgan fingerprint density at radius 2 is 2.13 bits per heavy atom. The summed E-state index contributed by atoms with van der Waals surface area (Å²) in [7, 11) is 1.41. The summed E-state index contributed by atoms with van der Waals surface area (Å²) in [4.78, 5) is 27.3. The molecule has 30 heavy (non-hydrogen) atoms. The zero-order valence-electron chi connectivity index (χ0n) is 17.6. The fourth-order valence-corrected chi connectivity index (χ4v) is 6.56.